The highest BCUT2D eigenvalue weighted by Gasteiger charge is 2.04. The van der Waals surface area contributed by atoms with Crippen molar-refractivity contribution in [2.45, 2.75) is 25.7 Å². The molecule has 6 heteroatoms. The van der Waals surface area contributed by atoms with Crippen LogP contribution < -0.4 is 5.32 Å². The summed E-state index contributed by atoms with van der Waals surface area (Å²) in [5.74, 6) is -0.507. The molecule has 6 nitrogen and oxygen atoms in total. The number of hydrogen-bond donors (Lipinski definition) is 3. The van der Waals surface area contributed by atoms with Crippen LogP contribution in [0.15, 0.2) is 23.4 Å². The molecule has 0 radical (unpaired) electrons. The summed E-state index contributed by atoms with van der Waals surface area (Å²) in [6, 6.07) is 3.48. The lowest BCUT2D eigenvalue weighted by Crippen LogP contribution is -2.24. The second-order valence-corrected chi connectivity index (χ2v) is 3.66. The predicted molar refractivity (Wildman–Crippen MR) is 61.7 cm³/mol. The van der Waals surface area contributed by atoms with E-state index >= 15 is 0 Å². The van der Waals surface area contributed by atoms with E-state index < -0.39 is 0 Å². The lowest BCUT2D eigenvalue weighted by Gasteiger charge is -2.02. The second-order valence-electron chi connectivity index (χ2n) is 3.66. The van der Waals surface area contributed by atoms with Crippen LogP contribution in [-0.4, -0.2) is 23.3 Å². The summed E-state index contributed by atoms with van der Waals surface area (Å²) in [6.07, 6.45) is 4.38. The average Bonchev–Trinajstić information content (AvgIpc) is 2.86. The van der Waals surface area contributed by atoms with Gasteiger partial charge in [0.2, 0.25) is 0 Å². The molecule has 1 aromatic heterocycles. The van der Waals surface area contributed by atoms with Gasteiger partial charge in [-0.15, -0.1) is 5.11 Å². The molecular weight excluding hydrogens is 220 g/mol. The fraction of sp³-hybridized carbons (Fsp3) is 0.455. The Morgan fingerprint density at radius 3 is 2.82 bits per heavy atom. The van der Waals surface area contributed by atoms with Crippen molar-refractivity contribution in [3.8, 4) is 0 Å². The van der Waals surface area contributed by atoms with E-state index in [4.69, 9.17) is 5.53 Å². The molecule has 0 aliphatic rings. The molecule has 0 spiro atoms. The first kappa shape index (κ1) is 13.1. The zero-order valence-electron chi connectivity index (χ0n) is 9.53. The molecule has 0 saturated heterocycles. The van der Waals surface area contributed by atoms with Crippen LogP contribution in [0.2, 0.25) is 0 Å². The number of aromatic amines is 1. The molecule has 0 aliphatic carbocycles. The first-order valence-electron chi connectivity index (χ1n) is 5.56. The number of H-pyrrole nitrogens is 1. The summed E-state index contributed by atoms with van der Waals surface area (Å²) in [5.41, 5.74) is 7.03. The molecule has 0 bridgehead atoms. The second kappa shape index (κ2) is 7.32. The molecule has 3 N–H and O–H groups in total. The zero-order valence-corrected chi connectivity index (χ0v) is 9.53. The van der Waals surface area contributed by atoms with Gasteiger partial charge < -0.3 is 10.3 Å². The van der Waals surface area contributed by atoms with Crippen LogP contribution in [0.3, 0.4) is 0 Å². The number of aromatic nitrogens is 1. The lowest BCUT2D eigenvalue weighted by atomic mass is 10.2. The van der Waals surface area contributed by atoms with Gasteiger partial charge in [0.15, 0.2) is 0 Å². The Labute approximate surface area is 99.3 Å². The summed E-state index contributed by atoms with van der Waals surface area (Å²) < 4.78 is 0. The molecule has 0 atom stereocenters. The van der Waals surface area contributed by atoms with Gasteiger partial charge in [-0.05, 0) is 25.0 Å². The highest BCUT2D eigenvalue weighted by molar-refractivity contribution is 5.92. The van der Waals surface area contributed by atoms with Crippen LogP contribution in [0.5, 0.6) is 0 Å². The minimum absolute atomic E-state index is 0.118. The molecule has 1 aromatic rings. The highest BCUT2D eigenvalue weighted by atomic mass is 16.2. The van der Waals surface area contributed by atoms with Crippen LogP contribution in [-0.2, 0) is 4.79 Å². The number of rotatable bonds is 7. The molecule has 1 rings (SSSR count). The SMILES string of the molecule is N=NC(=O)CCCCCNC(=O)c1ccc[nH]1. The number of nitrogens with zero attached hydrogens (tertiary/aromatic N) is 1. The third-order valence-electron chi connectivity index (χ3n) is 2.32. The van der Waals surface area contributed by atoms with E-state index in [2.05, 4.69) is 15.4 Å². The standard InChI is InChI=1S/C11H16N4O2/c12-15-10(16)6-2-1-3-7-14-11(17)9-5-4-8-13-9/h4-5,8,12-13H,1-3,6-7H2,(H,14,17). The number of carbonyl (C=O) groups is 2. The Balaban J connectivity index is 2.03. The molecule has 17 heavy (non-hydrogen) atoms. The fourth-order valence-corrected chi connectivity index (χ4v) is 1.40. The lowest BCUT2D eigenvalue weighted by molar-refractivity contribution is -0.118. The summed E-state index contributed by atoms with van der Waals surface area (Å²) >= 11 is 0. The summed E-state index contributed by atoms with van der Waals surface area (Å²) in [5, 5.41) is 5.58. The molecular formula is C11H16N4O2. The van der Waals surface area contributed by atoms with E-state index in [1.165, 1.54) is 0 Å². The maximum atomic E-state index is 11.5. The Morgan fingerprint density at radius 2 is 2.18 bits per heavy atom. The highest BCUT2D eigenvalue weighted by Crippen LogP contribution is 2.01. The Hall–Kier alpha value is -1.98. The molecule has 0 fully saturated rings. The van der Waals surface area contributed by atoms with E-state index in [-0.39, 0.29) is 11.8 Å². The predicted octanol–water partition coefficient (Wildman–Crippen LogP) is 1.86. The zero-order chi connectivity index (χ0) is 12.5. The molecule has 0 aliphatic heterocycles. The van der Waals surface area contributed by atoms with Crippen molar-refractivity contribution in [3.05, 3.63) is 24.0 Å². The van der Waals surface area contributed by atoms with Crippen molar-refractivity contribution in [2.24, 2.45) is 5.11 Å². The van der Waals surface area contributed by atoms with E-state index in [0.717, 1.165) is 12.8 Å². The fourth-order valence-electron chi connectivity index (χ4n) is 1.40. The normalized spacial score (nSPS) is 9.88. The van der Waals surface area contributed by atoms with Gasteiger partial charge in [-0.1, -0.05) is 6.42 Å². The van der Waals surface area contributed by atoms with Gasteiger partial charge in [0.25, 0.3) is 11.8 Å². The van der Waals surface area contributed by atoms with Gasteiger partial charge in [0.05, 0.1) is 0 Å². The van der Waals surface area contributed by atoms with Gasteiger partial charge in [-0.2, -0.15) is 0 Å². The number of hydrogen-bond acceptors (Lipinski definition) is 3. The van der Waals surface area contributed by atoms with Crippen molar-refractivity contribution in [1.29, 1.82) is 5.53 Å². The van der Waals surface area contributed by atoms with Crippen molar-refractivity contribution >= 4 is 11.8 Å². The number of amides is 2. The van der Waals surface area contributed by atoms with Crippen LogP contribution in [0.4, 0.5) is 0 Å². The first-order valence-corrected chi connectivity index (χ1v) is 5.56. The van der Waals surface area contributed by atoms with Crippen molar-refractivity contribution in [3.63, 3.8) is 0 Å². The maximum absolute atomic E-state index is 11.5. The Morgan fingerprint density at radius 1 is 1.35 bits per heavy atom. The Kier molecular flexibility index (Phi) is 5.63. The maximum Gasteiger partial charge on any atom is 0.267 e. The van der Waals surface area contributed by atoms with Crippen LogP contribution in [0, 0.1) is 5.53 Å². The molecule has 0 unspecified atom stereocenters. The summed E-state index contributed by atoms with van der Waals surface area (Å²) in [7, 11) is 0. The van der Waals surface area contributed by atoms with Crippen molar-refractivity contribution < 1.29 is 9.59 Å². The summed E-state index contributed by atoms with van der Waals surface area (Å²) in [4.78, 5) is 25.0. The van der Waals surface area contributed by atoms with Crippen LogP contribution in [0.1, 0.15) is 36.2 Å². The Bertz CT molecular complexity index is 373. The average molecular weight is 236 g/mol. The largest absolute Gasteiger partial charge is 0.357 e. The van der Waals surface area contributed by atoms with E-state index in [1.807, 2.05) is 0 Å². The monoisotopic (exact) mass is 236 g/mol. The van der Waals surface area contributed by atoms with Gasteiger partial charge in [-0.25, -0.2) is 5.53 Å². The van der Waals surface area contributed by atoms with E-state index in [1.54, 1.807) is 18.3 Å². The number of nitrogens with one attached hydrogen (secondary N) is 3. The molecule has 92 valence electrons. The summed E-state index contributed by atoms with van der Waals surface area (Å²) in [6.45, 7) is 0.587. The number of carbonyl (C=O) groups excluding carboxylic acids is 2. The van der Waals surface area contributed by atoms with Gasteiger partial charge >= 0.3 is 0 Å². The first-order chi connectivity index (χ1) is 8.24. The molecule has 1 heterocycles. The third-order valence-corrected chi connectivity index (χ3v) is 2.32. The van der Waals surface area contributed by atoms with Crippen LogP contribution in [0.25, 0.3) is 0 Å². The van der Waals surface area contributed by atoms with Crippen molar-refractivity contribution in [1.82, 2.24) is 10.3 Å². The third kappa shape index (κ3) is 5.05. The minimum atomic E-state index is -0.388. The smallest absolute Gasteiger partial charge is 0.267 e. The topological polar surface area (TPSA) is 98.2 Å². The van der Waals surface area contributed by atoms with Gasteiger partial charge in [-0.3, -0.25) is 9.59 Å². The number of unbranched alkanes of at least 4 members (excludes halogenated alkanes) is 2. The van der Waals surface area contributed by atoms with E-state index in [9.17, 15) is 9.59 Å². The molecule has 0 saturated carbocycles. The van der Waals surface area contributed by atoms with Crippen LogP contribution >= 0.6 is 0 Å². The van der Waals surface area contributed by atoms with Gasteiger partial charge in [0.1, 0.15) is 5.69 Å². The minimum Gasteiger partial charge on any atom is -0.357 e. The quantitative estimate of drug-likeness (QED) is 0.497. The molecule has 0 aromatic carbocycles. The van der Waals surface area contributed by atoms with Gasteiger partial charge in [0, 0.05) is 19.2 Å². The molecule has 2 amide bonds. The van der Waals surface area contributed by atoms with E-state index in [0.29, 0.717) is 25.1 Å². The van der Waals surface area contributed by atoms with Crippen molar-refractivity contribution in [2.75, 3.05) is 6.54 Å².